The number of carboxylic acids is 1. The highest BCUT2D eigenvalue weighted by Crippen LogP contribution is 2.27. The zero-order chi connectivity index (χ0) is 10.7. The predicted octanol–water partition coefficient (Wildman–Crippen LogP) is 2.20. The summed E-state index contributed by atoms with van der Waals surface area (Å²) < 4.78 is 5.12. The number of aromatic nitrogens is 1. The summed E-state index contributed by atoms with van der Waals surface area (Å²) in [4.78, 5) is 14.5. The van der Waals surface area contributed by atoms with Crippen LogP contribution in [0, 0.1) is 0 Å². The highest BCUT2D eigenvalue weighted by Gasteiger charge is 2.18. The summed E-state index contributed by atoms with van der Waals surface area (Å²) in [5.41, 5.74) is 0.00538. The van der Waals surface area contributed by atoms with Gasteiger partial charge in [-0.1, -0.05) is 6.42 Å². The van der Waals surface area contributed by atoms with Gasteiger partial charge in [-0.15, -0.1) is 0 Å². The lowest BCUT2D eigenvalue weighted by molar-refractivity contribution is 0.0690. The topological polar surface area (TPSA) is 63.3 Å². The van der Waals surface area contributed by atoms with Gasteiger partial charge in [-0.3, -0.25) is 0 Å². The van der Waals surface area contributed by atoms with Crippen LogP contribution in [0.25, 0.3) is 0 Å². The Balaban J connectivity index is 1.94. The summed E-state index contributed by atoms with van der Waals surface area (Å²) in [5.74, 6) is 0.713. The Morgan fingerprint density at radius 3 is 3.13 bits per heavy atom. The first-order valence-corrected chi connectivity index (χ1v) is 6.10. The zero-order valence-corrected chi connectivity index (χ0v) is 9.13. The van der Waals surface area contributed by atoms with Crippen LogP contribution in [0.5, 0.6) is 0 Å². The SMILES string of the molecule is O=C(O)c1coc(CC2CCCCS2)n1. The molecule has 0 aromatic carbocycles. The Hall–Kier alpha value is -0.970. The van der Waals surface area contributed by atoms with Gasteiger partial charge in [-0.2, -0.15) is 11.8 Å². The summed E-state index contributed by atoms with van der Waals surface area (Å²) in [6.07, 6.45) is 5.68. The highest BCUT2D eigenvalue weighted by molar-refractivity contribution is 7.99. The van der Waals surface area contributed by atoms with Gasteiger partial charge < -0.3 is 9.52 Å². The molecule has 82 valence electrons. The minimum absolute atomic E-state index is 0.00538. The van der Waals surface area contributed by atoms with E-state index >= 15 is 0 Å². The van der Waals surface area contributed by atoms with Crippen molar-refractivity contribution in [2.75, 3.05) is 5.75 Å². The maximum atomic E-state index is 10.6. The molecule has 15 heavy (non-hydrogen) atoms. The van der Waals surface area contributed by atoms with Crippen molar-refractivity contribution in [1.29, 1.82) is 0 Å². The van der Waals surface area contributed by atoms with E-state index in [0.29, 0.717) is 11.1 Å². The summed E-state index contributed by atoms with van der Waals surface area (Å²) in [5, 5.41) is 9.22. The minimum Gasteiger partial charge on any atom is -0.476 e. The molecule has 1 saturated heterocycles. The van der Waals surface area contributed by atoms with Crippen molar-refractivity contribution in [3.63, 3.8) is 0 Å². The van der Waals surface area contributed by atoms with Crippen molar-refractivity contribution in [3.05, 3.63) is 17.8 Å². The van der Waals surface area contributed by atoms with Crippen molar-refractivity contribution in [2.45, 2.75) is 30.9 Å². The van der Waals surface area contributed by atoms with Crippen LogP contribution in [0.1, 0.15) is 35.6 Å². The Bertz CT molecular complexity index is 344. The molecular formula is C10H13NO3S. The molecule has 0 spiro atoms. The second-order valence-electron chi connectivity index (χ2n) is 3.62. The molecule has 2 heterocycles. The van der Waals surface area contributed by atoms with E-state index < -0.39 is 5.97 Å². The number of thioether (sulfide) groups is 1. The molecule has 2 rings (SSSR count). The van der Waals surface area contributed by atoms with Gasteiger partial charge in [0, 0.05) is 11.7 Å². The summed E-state index contributed by atoms with van der Waals surface area (Å²) in [6.45, 7) is 0. The molecular weight excluding hydrogens is 214 g/mol. The van der Waals surface area contributed by atoms with Crippen LogP contribution in [0.15, 0.2) is 10.7 Å². The van der Waals surface area contributed by atoms with Crippen LogP contribution in [0.3, 0.4) is 0 Å². The maximum Gasteiger partial charge on any atom is 0.357 e. The second kappa shape index (κ2) is 4.70. The van der Waals surface area contributed by atoms with E-state index in [0.717, 1.165) is 6.42 Å². The van der Waals surface area contributed by atoms with E-state index in [1.807, 2.05) is 11.8 Å². The number of hydrogen-bond donors (Lipinski definition) is 1. The number of oxazole rings is 1. The smallest absolute Gasteiger partial charge is 0.357 e. The van der Waals surface area contributed by atoms with Crippen LogP contribution in [0.4, 0.5) is 0 Å². The normalized spacial score (nSPS) is 21.5. The molecule has 5 heteroatoms. The van der Waals surface area contributed by atoms with Gasteiger partial charge in [0.05, 0.1) is 0 Å². The molecule has 1 N–H and O–H groups in total. The van der Waals surface area contributed by atoms with Crippen LogP contribution >= 0.6 is 11.8 Å². The van der Waals surface area contributed by atoms with E-state index in [4.69, 9.17) is 9.52 Å². The quantitative estimate of drug-likeness (QED) is 0.857. The largest absolute Gasteiger partial charge is 0.476 e. The molecule has 1 unspecified atom stereocenters. The lowest BCUT2D eigenvalue weighted by Gasteiger charge is -2.19. The molecule has 0 aliphatic carbocycles. The Labute approximate surface area is 92.1 Å². The fraction of sp³-hybridized carbons (Fsp3) is 0.600. The predicted molar refractivity (Wildman–Crippen MR) is 57.3 cm³/mol. The number of rotatable bonds is 3. The van der Waals surface area contributed by atoms with E-state index in [2.05, 4.69) is 4.98 Å². The number of carboxylic acid groups (broad SMARTS) is 1. The number of nitrogens with zero attached hydrogens (tertiary/aromatic N) is 1. The van der Waals surface area contributed by atoms with Crippen molar-refractivity contribution in [3.8, 4) is 0 Å². The first-order valence-electron chi connectivity index (χ1n) is 5.05. The third kappa shape index (κ3) is 2.75. The number of carbonyl (C=O) groups is 1. The van der Waals surface area contributed by atoms with Gasteiger partial charge in [0.25, 0.3) is 0 Å². The van der Waals surface area contributed by atoms with Crippen molar-refractivity contribution in [2.24, 2.45) is 0 Å². The van der Waals surface area contributed by atoms with Crippen LogP contribution < -0.4 is 0 Å². The Kier molecular flexibility index (Phi) is 3.30. The lowest BCUT2D eigenvalue weighted by atomic mass is 10.1. The second-order valence-corrected chi connectivity index (χ2v) is 5.03. The van der Waals surface area contributed by atoms with Gasteiger partial charge >= 0.3 is 5.97 Å². The van der Waals surface area contributed by atoms with Crippen molar-refractivity contribution in [1.82, 2.24) is 4.98 Å². The molecule has 0 bridgehead atoms. The molecule has 0 amide bonds. The third-order valence-electron chi connectivity index (χ3n) is 2.45. The average molecular weight is 227 g/mol. The van der Waals surface area contributed by atoms with Gasteiger partial charge in [0.1, 0.15) is 6.26 Å². The molecule has 1 fully saturated rings. The van der Waals surface area contributed by atoms with Gasteiger partial charge in [0.2, 0.25) is 0 Å². The average Bonchev–Trinajstić information content (AvgIpc) is 2.68. The maximum absolute atomic E-state index is 10.6. The molecule has 0 radical (unpaired) electrons. The number of hydrogen-bond acceptors (Lipinski definition) is 4. The molecule has 1 atom stereocenters. The monoisotopic (exact) mass is 227 g/mol. The highest BCUT2D eigenvalue weighted by atomic mass is 32.2. The van der Waals surface area contributed by atoms with Gasteiger partial charge in [0.15, 0.2) is 11.6 Å². The first-order chi connectivity index (χ1) is 7.25. The fourth-order valence-corrected chi connectivity index (χ4v) is 2.96. The Morgan fingerprint density at radius 1 is 1.67 bits per heavy atom. The first kappa shape index (κ1) is 10.5. The van der Waals surface area contributed by atoms with Gasteiger partial charge in [-0.05, 0) is 18.6 Å². The van der Waals surface area contributed by atoms with Crippen LogP contribution in [-0.2, 0) is 6.42 Å². The summed E-state index contributed by atoms with van der Waals surface area (Å²) in [7, 11) is 0. The molecule has 1 aliphatic heterocycles. The molecule has 4 nitrogen and oxygen atoms in total. The van der Waals surface area contributed by atoms with Gasteiger partial charge in [-0.25, -0.2) is 9.78 Å². The molecule has 0 saturated carbocycles. The summed E-state index contributed by atoms with van der Waals surface area (Å²) >= 11 is 1.93. The van der Waals surface area contributed by atoms with Crippen molar-refractivity contribution >= 4 is 17.7 Å². The standard InChI is InChI=1S/C10H13NO3S/c12-10(13)8-6-14-9(11-8)5-7-3-1-2-4-15-7/h6-7H,1-5H2,(H,12,13). The van der Waals surface area contributed by atoms with Crippen LogP contribution in [-0.4, -0.2) is 27.1 Å². The third-order valence-corrected chi connectivity index (χ3v) is 3.85. The zero-order valence-electron chi connectivity index (χ0n) is 8.31. The summed E-state index contributed by atoms with van der Waals surface area (Å²) in [6, 6.07) is 0. The minimum atomic E-state index is -1.03. The van der Waals surface area contributed by atoms with E-state index in [1.165, 1.54) is 31.3 Å². The fourth-order valence-electron chi connectivity index (χ4n) is 1.67. The Morgan fingerprint density at radius 2 is 2.53 bits per heavy atom. The number of aromatic carboxylic acids is 1. The molecule has 1 aromatic heterocycles. The van der Waals surface area contributed by atoms with Crippen LogP contribution in [0.2, 0.25) is 0 Å². The lowest BCUT2D eigenvalue weighted by Crippen LogP contribution is -2.12. The van der Waals surface area contributed by atoms with Crippen molar-refractivity contribution < 1.29 is 14.3 Å². The molecule has 1 aliphatic rings. The molecule has 1 aromatic rings. The van der Waals surface area contributed by atoms with E-state index in [1.54, 1.807) is 0 Å². The van der Waals surface area contributed by atoms with E-state index in [-0.39, 0.29) is 5.69 Å². The van der Waals surface area contributed by atoms with E-state index in [9.17, 15) is 4.79 Å².